The molecule has 2 aromatic carbocycles. The number of anilines is 1. The van der Waals surface area contributed by atoms with E-state index in [0.717, 1.165) is 37.6 Å². The molecule has 0 amide bonds. The van der Waals surface area contributed by atoms with Crippen LogP contribution in [0.4, 0.5) is 5.69 Å². The van der Waals surface area contributed by atoms with Gasteiger partial charge < -0.3 is 14.4 Å². The van der Waals surface area contributed by atoms with E-state index in [1.807, 2.05) is 37.3 Å². The van der Waals surface area contributed by atoms with Crippen molar-refractivity contribution < 1.29 is 14.3 Å². The third kappa shape index (κ3) is 3.28. The Bertz CT molecular complexity index is 649. The monoisotopic (exact) mass is 297 g/mol. The molecular weight excluding hydrogens is 278 g/mol. The molecule has 0 aromatic heterocycles. The molecule has 22 heavy (non-hydrogen) atoms. The summed E-state index contributed by atoms with van der Waals surface area (Å²) in [6.45, 7) is 5.25. The highest BCUT2D eigenvalue weighted by molar-refractivity contribution is 5.91. The molecule has 4 heteroatoms. The van der Waals surface area contributed by atoms with Gasteiger partial charge in [0.2, 0.25) is 0 Å². The summed E-state index contributed by atoms with van der Waals surface area (Å²) in [6, 6.07) is 14.9. The van der Waals surface area contributed by atoms with Crippen LogP contribution in [0, 0.1) is 6.92 Å². The van der Waals surface area contributed by atoms with Gasteiger partial charge in [0.15, 0.2) is 0 Å². The van der Waals surface area contributed by atoms with E-state index in [-0.39, 0.29) is 5.97 Å². The van der Waals surface area contributed by atoms with Crippen molar-refractivity contribution in [3.8, 4) is 5.75 Å². The second-order valence-electron chi connectivity index (χ2n) is 5.30. The number of ether oxygens (including phenoxy) is 2. The minimum absolute atomic E-state index is 0.331. The lowest BCUT2D eigenvalue weighted by atomic mass is 10.1. The zero-order valence-electron chi connectivity index (χ0n) is 12.6. The molecule has 1 aliphatic rings. The number of carbonyl (C=O) groups is 1. The number of hydrogen-bond donors (Lipinski definition) is 0. The molecule has 114 valence electrons. The molecule has 1 fully saturated rings. The second-order valence-corrected chi connectivity index (χ2v) is 5.30. The number of benzene rings is 2. The number of hydrogen-bond acceptors (Lipinski definition) is 4. The first-order chi connectivity index (χ1) is 10.7. The van der Waals surface area contributed by atoms with Crippen LogP contribution in [-0.4, -0.2) is 32.3 Å². The van der Waals surface area contributed by atoms with Crippen molar-refractivity contribution in [1.82, 2.24) is 0 Å². The van der Waals surface area contributed by atoms with E-state index in [4.69, 9.17) is 9.47 Å². The maximum atomic E-state index is 12.1. The Morgan fingerprint density at radius 1 is 1.09 bits per heavy atom. The summed E-state index contributed by atoms with van der Waals surface area (Å²) in [6.07, 6.45) is 0. The summed E-state index contributed by atoms with van der Waals surface area (Å²) in [5.74, 6) is 0.272. The summed E-state index contributed by atoms with van der Waals surface area (Å²) < 4.78 is 10.9. The molecule has 4 nitrogen and oxygen atoms in total. The van der Waals surface area contributed by atoms with Crippen LogP contribution >= 0.6 is 0 Å². The van der Waals surface area contributed by atoms with Crippen LogP contribution in [0.2, 0.25) is 0 Å². The first kappa shape index (κ1) is 14.6. The molecule has 3 rings (SSSR count). The number of esters is 1. The van der Waals surface area contributed by atoms with E-state index in [1.54, 1.807) is 12.1 Å². The van der Waals surface area contributed by atoms with Crippen LogP contribution in [0.25, 0.3) is 0 Å². The SMILES string of the molecule is Cc1cc(N2CCOCC2)ccc1OC(=O)c1ccccc1. The first-order valence-corrected chi connectivity index (χ1v) is 7.44. The summed E-state index contributed by atoms with van der Waals surface area (Å²) in [4.78, 5) is 14.4. The van der Waals surface area contributed by atoms with Gasteiger partial charge in [0.25, 0.3) is 0 Å². The van der Waals surface area contributed by atoms with E-state index in [1.165, 1.54) is 0 Å². The van der Waals surface area contributed by atoms with Gasteiger partial charge >= 0.3 is 5.97 Å². The van der Waals surface area contributed by atoms with Crippen LogP contribution in [0.3, 0.4) is 0 Å². The minimum atomic E-state index is -0.331. The molecule has 2 aromatic rings. The van der Waals surface area contributed by atoms with Gasteiger partial charge in [-0.15, -0.1) is 0 Å². The van der Waals surface area contributed by atoms with Crippen LogP contribution in [0.15, 0.2) is 48.5 Å². The highest BCUT2D eigenvalue weighted by Crippen LogP contribution is 2.25. The Hall–Kier alpha value is -2.33. The number of morpholine rings is 1. The predicted molar refractivity (Wildman–Crippen MR) is 85.6 cm³/mol. The van der Waals surface area contributed by atoms with E-state index >= 15 is 0 Å². The number of nitrogens with zero attached hydrogens (tertiary/aromatic N) is 1. The Balaban J connectivity index is 1.73. The lowest BCUT2D eigenvalue weighted by Gasteiger charge is -2.29. The summed E-state index contributed by atoms with van der Waals surface area (Å²) >= 11 is 0. The normalized spacial score (nSPS) is 14.7. The van der Waals surface area contributed by atoms with Gasteiger partial charge in [-0.25, -0.2) is 4.79 Å². The number of aryl methyl sites for hydroxylation is 1. The van der Waals surface area contributed by atoms with Crippen molar-refractivity contribution in [3.05, 3.63) is 59.7 Å². The molecule has 1 aliphatic heterocycles. The lowest BCUT2D eigenvalue weighted by molar-refractivity contribution is 0.0733. The van der Waals surface area contributed by atoms with Crippen molar-refractivity contribution in [1.29, 1.82) is 0 Å². The first-order valence-electron chi connectivity index (χ1n) is 7.44. The Morgan fingerprint density at radius 2 is 1.82 bits per heavy atom. The average molecular weight is 297 g/mol. The average Bonchev–Trinajstić information content (AvgIpc) is 2.58. The van der Waals surface area contributed by atoms with Crippen molar-refractivity contribution in [3.63, 3.8) is 0 Å². The highest BCUT2D eigenvalue weighted by Gasteiger charge is 2.14. The maximum Gasteiger partial charge on any atom is 0.343 e. The molecule has 0 unspecified atom stereocenters. The van der Waals surface area contributed by atoms with Crippen molar-refractivity contribution in [2.45, 2.75) is 6.92 Å². The van der Waals surface area contributed by atoms with Crippen LogP contribution in [0.5, 0.6) is 5.75 Å². The number of rotatable bonds is 3. The minimum Gasteiger partial charge on any atom is -0.423 e. The fourth-order valence-electron chi connectivity index (χ4n) is 2.50. The van der Waals surface area contributed by atoms with Gasteiger partial charge in [-0.1, -0.05) is 18.2 Å². The molecule has 0 N–H and O–H groups in total. The zero-order valence-corrected chi connectivity index (χ0v) is 12.6. The van der Waals surface area contributed by atoms with Crippen molar-refractivity contribution in [2.24, 2.45) is 0 Å². The van der Waals surface area contributed by atoms with Gasteiger partial charge in [0, 0.05) is 18.8 Å². The largest absolute Gasteiger partial charge is 0.423 e. The Labute approximate surface area is 130 Å². The van der Waals surface area contributed by atoms with Crippen LogP contribution < -0.4 is 9.64 Å². The maximum absolute atomic E-state index is 12.1. The third-order valence-electron chi connectivity index (χ3n) is 3.75. The quantitative estimate of drug-likeness (QED) is 0.645. The van der Waals surface area contributed by atoms with Gasteiger partial charge in [0.05, 0.1) is 18.8 Å². The van der Waals surface area contributed by atoms with Crippen molar-refractivity contribution in [2.75, 3.05) is 31.2 Å². The van der Waals surface area contributed by atoms with Crippen molar-refractivity contribution >= 4 is 11.7 Å². The van der Waals surface area contributed by atoms with E-state index < -0.39 is 0 Å². The van der Waals surface area contributed by atoms with E-state index in [9.17, 15) is 4.79 Å². The molecule has 0 saturated carbocycles. The summed E-state index contributed by atoms with van der Waals surface area (Å²) in [7, 11) is 0. The fraction of sp³-hybridized carbons (Fsp3) is 0.278. The van der Waals surface area contributed by atoms with E-state index in [2.05, 4.69) is 11.0 Å². The van der Waals surface area contributed by atoms with Crippen LogP contribution in [-0.2, 0) is 4.74 Å². The second kappa shape index (κ2) is 6.62. The van der Waals surface area contributed by atoms with Gasteiger partial charge in [-0.3, -0.25) is 0 Å². The van der Waals surface area contributed by atoms with E-state index in [0.29, 0.717) is 11.3 Å². The standard InChI is InChI=1S/C18H19NO3/c1-14-13-16(19-9-11-21-12-10-19)7-8-17(14)22-18(20)15-5-3-2-4-6-15/h2-8,13H,9-12H2,1H3. The molecule has 1 heterocycles. The smallest absolute Gasteiger partial charge is 0.343 e. The molecule has 0 atom stereocenters. The molecular formula is C18H19NO3. The van der Waals surface area contributed by atoms with Gasteiger partial charge in [0.1, 0.15) is 5.75 Å². The van der Waals surface area contributed by atoms with Gasteiger partial charge in [-0.05, 0) is 42.8 Å². The highest BCUT2D eigenvalue weighted by atomic mass is 16.5. The number of carbonyl (C=O) groups excluding carboxylic acids is 1. The summed E-state index contributed by atoms with van der Waals surface area (Å²) in [5, 5.41) is 0. The Morgan fingerprint density at radius 3 is 2.50 bits per heavy atom. The Kier molecular flexibility index (Phi) is 4.39. The van der Waals surface area contributed by atoms with Gasteiger partial charge in [-0.2, -0.15) is 0 Å². The molecule has 0 aliphatic carbocycles. The fourth-order valence-corrected chi connectivity index (χ4v) is 2.50. The lowest BCUT2D eigenvalue weighted by Crippen LogP contribution is -2.36. The summed E-state index contributed by atoms with van der Waals surface area (Å²) in [5.41, 5.74) is 2.65. The molecule has 0 spiro atoms. The molecule has 1 saturated heterocycles. The third-order valence-corrected chi connectivity index (χ3v) is 3.75. The molecule has 0 radical (unpaired) electrons. The zero-order chi connectivity index (χ0) is 15.4. The van der Waals surface area contributed by atoms with Crippen LogP contribution in [0.1, 0.15) is 15.9 Å². The molecule has 0 bridgehead atoms. The topological polar surface area (TPSA) is 38.8 Å². The predicted octanol–water partition coefficient (Wildman–Crippen LogP) is 3.05.